The average molecular weight is 594 g/mol. The Labute approximate surface area is 248 Å². The third kappa shape index (κ3) is 6.47. The van der Waals surface area contributed by atoms with E-state index in [2.05, 4.69) is 15.5 Å². The fourth-order valence-electron chi connectivity index (χ4n) is 5.84. The van der Waals surface area contributed by atoms with Crippen molar-refractivity contribution in [2.45, 2.75) is 12.5 Å². The Morgan fingerprint density at radius 2 is 1.44 bits per heavy atom. The first-order chi connectivity index (χ1) is 20.9. The van der Waals surface area contributed by atoms with Crippen molar-refractivity contribution < 1.29 is 27.5 Å². The van der Waals surface area contributed by atoms with E-state index in [9.17, 15) is 22.8 Å². The van der Waals surface area contributed by atoms with E-state index in [-0.39, 0.29) is 23.5 Å². The Balaban J connectivity index is 1.16. The van der Waals surface area contributed by atoms with Crippen LogP contribution in [0.25, 0.3) is 11.1 Å². The molecule has 3 aromatic carbocycles. The van der Waals surface area contributed by atoms with Crippen molar-refractivity contribution in [2.75, 3.05) is 70.3 Å². The zero-order valence-corrected chi connectivity index (χ0v) is 23.8. The fourth-order valence-corrected chi connectivity index (χ4v) is 5.84. The monoisotopic (exact) mass is 593 g/mol. The van der Waals surface area contributed by atoms with Crippen LogP contribution >= 0.6 is 0 Å². The minimum atomic E-state index is -0.984. The zero-order valence-electron chi connectivity index (χ0n) is 23.8. The SMILES string of the molecule is O=C(c1cc(F)cc(N2CCNCC2)c1)N1CCN(C(=O)c2ccc(O[C@H]3CCNC3)c(-c3ccc(F)c(F)c3)c2)CC1. The molecule has 3 aliphatic heterocycles. The molecule has 3 aromatic rings. The number of benzene rings is 3. The van der Waals surface area contributed by atoms with E-state index in [1.165, 1.54) is 18.2 Å². The average Bonchev–Trinajstić information content (AvgIpc) is 3.55. The molecule has 11 heteroatoms. The number of nitrogens with zero attached hydrogens (tertiary/aromatic N) is 3. The molecule has 0 bridgehead atoms. The van der Waals surface area contributed by atoms with Gasteiger partial charge in [-0.25, -0.2) is 13.2 Å². The van der Waals surface area contributed by atoms with Crippen LogP contribution in [0.3, 0.4) is 0 Å². The third-order valence-electron chi connectivity index (χ3n) is 8.23. The van der Waals surface area contributed by atoms with Crippen LogP contribution in [0.1, 0.15) is 27.1 Å². The van der Waals surface area contributed by atoms with Crippen molar-refractivity contribution in [1.29, 1.82) is 0 Å². The lowest BCUT2D eigenvalue weighted by molar-refractivity contribution is 0.0535. The number of carbonyl (C=O) groups excluding carboxylic acids is 2. The first-order valence-corrected chi connectivity index (χ1v) is 14.7. The summed E-state index contributed by atoms with van der Waals surface area (Å²) in [6.07, 6.45) is 0.746. The Hall–Kier alpha value is -4.09. The van der Waals surface area contributed by atoms with Crippen LogP contribution in [0, 0.1) is 17.5 Å². The molecule has 6 rings (SSSR count). The van der Waals surface area contributed by atoms with E-state index in [0.29, 0.717) is 60.9 Å². The van der Waals surface area contributed by atoms with Crippen molar-refractivity contribution in [2.24, 2.45) is 0 Å². The topological polar surface area (TPSA) is 77.2 Å². The Bertz CT molecular complexity index is 1500. The number of nitrogens with one attached hydrogen (secondary N) is 2. The molecule has 0 unspecified atom stereocenters. The lowest BCUT2D eigenvalue weighted by Crippen LogP contribution is -2.50. The van der Waals surface area contributed by atoms with Crippen molar-refractivity contribution in [3.63, 3.8) is 0 Å². The number of piperazine rings is 2. The van der Waals surface area contributed by atoms with E-state index in [1.54, 1.807) is 34.1 Å². The molecule has 2 amide bonds. The Morgan fingerprint density at radius 1 is 0.721 bits per heavy atom. The fraction of sp³-hybridized carbons (Fsp3) is 0.375. The summed E-state index contributed by atoms with van der Waals surface area (Å²) in [5.41, 5.74) is 2.25. The molecule has 226 valence electrons. The van der Waals surface area contributed by atoms with Gasteiger partial charge in [0.2, 0.25) is 0 Å². The summed E-state index contributed by atoms with van der Waals surface area (Å²) >= 11 is 0. The number of anilines is 1. The normalized spacial score (nSPS) is 19.0. The van der Waals surface area contributed by atoms with Crippen molar-refractivity contribution in [3.05, 3.63) is 83.2 Å². The Kier molecular flexibility index (Phi) is 8.53. The maximum Gasteiger partial charge on any atom is 0.254 e. The highest BCUT2D eigenvalue weighted by Crippen LogP contribution is 2.34. The highest BCUT2D eigenvalue weighted by molar-refractivity contribution is 5.97. The number of halogens is 3. The molecule has 2 N–H and O–H groups in total. The van der Waals surface area contributed by atoms with E-state index in [4.69, 9.17) is 4.74 Å². The van der Waals surface area contributed by atoms with Crippen molar-refractivity contribution in [1.82, 2.24) is 20.4 Å². The van der Waals surface area contributed by atoms with Crippen LogP contribution in [0.15, 0.2) is 54.6 Å². The molecular formula is C32H34F3N5O3. The van der Waals surface area contributed by atoms with Gasteiger partial charge in [-0.1, -0.05) is 6.07 Å². The van der Waals surface area contributed by atoms with Crippen LogP contribution in [0.2, 0.25) is 0 Å². The minimum absolute atomic E-state index is 0.0674. The van der Waals surface area contributed by atoms with E-state index in [0.717, 1.165) is 51.3 Å². The summed E-state index contributed by atoms with van der Waals surface area (Å²) < 4.78 is 48.5. The molecule has 0 aromatic heterocycles. The second-order valence-electron chi connectivity index (χ2n) is 11.1. The van der Waals surface area contributed by atoms with Gasteiger partial charge in [-0.3, -0.25) is 9.59 Å². The van der Waals surface area contributed by atoms with E-state index < -0.39 is 17.5 Å². The van der Waals surface area contributed by atoms with Gasteiger partial charge in [-0.15, -0.1) is 0 Å². The quantitative estimate of drug-likeness (QED) is 0.456. The van der Waals surface area contributed by atoms with Gasteiger partial charge in [0.1, 0.15) is 17.7 Å². The molecule has 43 heavy (non-hydrogen) atoms. The standard InChI is InChI=1S/C32H34F3N5O3/c33-24-15-23(16-25(19-24)38-9-7-36-8-10-38)32(42)40-13-11-39(12-14-40)31(41)22-2-4-30(43-26-5-6-37-20-26)27(17-22)21-1-3-28(34)29(35)18-21/h1-4,15-19,26,36-37H,5-14,20H2/t26-/m0/s1. The van der Waals surface area contributed by atoms with Crippen molar-refractivity contribution in [3.8, 4) is 16.9 Å². The molecule has 0 saturated carbocycles. The van der Waals surface area contributed by atoms with Gasteiger partial charge >= 0.3 is 0 Å². The number of hydrogen-bond donors (Lipinski definition) is 2. The predicted octanol–water partition coefficient (Wildman–Crippen LogP) is 3.52. The summed E-state index contributed by atoms with van der Waals surface area (Å²) in [5.74, 6) is -2.42. The first kappa shape index (κ1) is 29.0. The highest BCUT2D eigenvalue weighted by atomic mass is 19.2. The smallest absolute Gasteiger partial charge is 0.254 e. The number of rotatable bonds is 6. The number of hydrogen-bond acceptors (Lipinski definition) is 6. The number of carbonyl (C=O) groups is 2. The lowest BCUT2D eigenvalue weighted by atomic mass is 10.0. The number of ether oxygens (including phenoxy) is 1. The molecule has 3 heterocycles. The van der Waals surface area contributed by atoms with Gasteiger partial charge in [-0.05, 0) is 67.1 Å². The first-order valence-electron chi connectivity index (χ1n) is 14.7. The molecule has 0 radical (unpaired) electrons. The molecule has 3 aliphatic rings. The van der Waals surface area contributed by atoms with Crippen LogP contribution in [0.4, 0.5) is 18.9 Å². The second-order valence-corrected chi connectivity index (χ2v) is 11.1. The summed E-state index contributed by atoms with van der Waals surface area (Å²) in [7, 11) is 0. The summed E-state index contributed by atoms with van der Waals surface area (Å²) in [4.78, 5) is 32.2. The van der Waals surface area contributed by atoms with Gasteiger partial charge in [-0.2, -0.15) is 0 Å². The van der Waals surface area contributed by atoms with Crippen LogP contribution in [0.5, 0.6) is 5.75 Å². The van der Waals surface area contributed by atoms with Gasteiger partial charge < -0.3 is 30.1 Å². The zero-order chi connectivity index (χ0) is 29.9. The molecule has 8 nitrogen and oxygen atoms in total. The maximum atomic E-state index is 14.5. The Morgan fingerprint density at radius 3 is 2.12 bits per heavy atom. The molecule has 0 aliphatic carbocycles. The van der Waals surface area contributed by atoms with Crippen molar-refractivity contribution >= 4 is 17.5 Å². The van der Waals surface area contributed by atoms with Gasteiger partial charge in [0.25, 0.3) is 11.8 Å². The third-order valence-corrected chi connectivity index (χ3v) is 8.23. The van der Waals surface area contributed by atoms with Gasteiger partial charge in [0.15, 0.2) is 11.6 Å². The lowest BCUT2D eigenvalue weighted by Gasteiger charge is -2.35. The largest absolute Gasteiger partial charge is 0.488 e. The molecular weight excluding hydrogens is 559 g/mol. The van der Waals surface area contributed by atoms with Crippen LogP contribution < -0.4 is 20.3 Å². The maximum absolute atomic E-state index is 14.5. The van der Waals surface area contributed by atoms with E-state index in [1.807, 2.05) is 0 Å². The molecule has 3 fully saturated rings. The van der Waals surface area contributed by atoms with Gasteiger partial charge in [0.05, 0.1) is 0 Å². The highest BCUT2D eigenvalue weighted by Gasteiger charge is 2.28. The summed E-state index contributed by atoms with van der Waals surface area (Å²) in [5, 5.41) is 6.50. The minimum Gasteiger partial charge on any atom is -0.488 e. The summed E-state index contributed by atoms with van der Waals surface area (Å²) in [6.45, 7) is 5.78. The van der Waals surface area contributed by atoms with Crippen LogP contribution in [-0.4, -0.2) is 93.2 Å². The molecule has 1 atom stereocenters. The number of amides is 2. The van der Waals surface area contributed by atoms with E-state index >= 15 is 0 Å². The second kappa shape index (κ2) is 12.6. The molecule has 3 saturated heterocycles. The molecule has 0 spiro atoms. The van der Waals surface area contributed by atoms with Gasteiger partial charge in [0, 0.05) is 81.3 Å². The predicted molar refractivity (Wildman–Crippen MR) is 157 cm³/mol. The van der Waals surface area contributed by atoms with Crippen LogP contribution in [-0.2, 0) is 0 Å². The summed E-state index contributed by atoms with van der Waals surface area (Å²) in [6, 6.07) is 13.1.